The highest BCUT2D eigenvalue weighted by Gasteiger charge is 2.15. The number of nitrogens with zero attached hydrogens (tertiary/aromatic N) is 3. The Kier molecular flexibility index (Phi) is 6.27. The van der Waals surface area contributed by atoms with Gasteiger partial charge in [0, 0.05) is 17.5 Å². The molecule has 0 unspecified atom stereocenters. The van der Waals surface area contributed by atoms with Crippen LogP contribution in [0.3, 0.4) is 0 Å². The predicted octanol–water partition coefficient (Wildman–Crippen LogP) is 5.26. The maximum absolute atomic E-state index is 12.6. The number of rotatable bonds is 6. The van der Waals surface area contributed by atoms with Gasteiger partial charge in [-0.25, -0.2) is 9.97 Å². The third-order valence-electron chi connectivity index (χ3n) is 4.86. The number of carbonyl (C=O) groups excluding carboxylic acids is 1. The standard InChI is InChI=1S/C22H22N4O2S3/c1-5-26-20(28)19-15(6-7-29-19)24-22(26)31-11-17(27)25-21-23-16(10-30-21)18-13(3)8-12(2)9-14(18)4/h6-10H,5,11H2,1-4H3,(H,23,25,27). The first-order valence-corrected chi connectivity index (χ1v) is 12.6. The van der Waals surface area contributed by atoms with E-state index in [-0.39, 0.29) is 17.2 Å². The number of carbonyl (C=O) groups is 1. The minimum absolute atomic E-state index is 0.0567. The highest BCUT2D eigenvalue weighted by Crippen LogP contribution is 2.31. The smallest absolute Gasteiger partial charge is 0.272 e. The van der Waals surface area contributed by atoms with Gasteiger partial charge in [-0.1, -0.05) is 29.5 Å². The molecule has 4 aromatic rings. The van der Waals surface area contributed by atoms with Crippen molar-refractivity contribution in [2.45, 2.75) is 39.4 Å². The molecule has 0 spiro atoms. The topological polar surface area (TPSA) is 76.9 Å². The number of amides is 1. The Balaban J connectivity index is 1.47. The van der Waals surface area contributed by atoms with Crippen LogP contribution >= 0.6 is 34.4 Å². The summed E-state index contributed by atoms with van der Waals surface area (Å²) in [6, 6.07) is 6.11. The average Bonchev–Trinajstić information content (AvgIpc) is 3.35. The van der Waals surface area contributed by atoms with Crippen LogP contribution in [0.4, 0.5) is 5.13 Å². The summed E-state index contributed by atoms with van der Waals surface area (Å²) < 4.78 is 2.26. The molecule has 0 fully saturated rings. The van der Waals surface area contributed by atoms with Crippen LogP contribution in [0.2, 0.25) is 0 Å². The fourth-order valence-corrected chi connectivity index (χ4v) is 5.99. The molecule has 0 saturated heterocycles. The number of hydrogen-bond acceptors (Lipinski definition) is 7. The van der Waals surface area contributed by atoms with Crippen LogP contribution in [0.5, 0.6) is 0 Å². The second-order valence-corrected chi connectivity index (χ2v) is 9.94. The van der Waals surface area contributed by atoms with E-state index >= 15 is 0 Å². The lowest BCUT2D eigenvalue weighted by atomic mass is 9.98. The third-order valence-corrected chi connectivity index (χ3v) is 7.49. The normalized spacial score (nSPS) is 11.2. The maximum Gasteiger partial charge on any atom is 0.272 e. The van der Waals surface area contributed by atoms with Crippen molar-refractivity contribution in [1.29, 1.82) is 0 Å². The van der Waals surface area contributed by atoms with Gasteiger partial charge in [0.05, 0.1) is 17.0 Å². The Labute approximate surface area is 192 Å². The largest absolute Gasteiger partial charge is 0.301 e. The second-order valence-electron chi connectivity index (χ2n) is 7.23. The number of anilines is 1. The van der Waals surface area contributed by atoms with Crippen LogP contribution in [-0.4, -0.2) is 26.2 Å². The van der Waals surface area contributed by atoms with E-state index < -0.39 is 0 Å². The molecule has 1 aromatic carbocycles. The summed E-state index contributed by atoms with van der Waals surface area (Å²) in [4.78, 5) is 34.3. The molecule has 0 aliphatic heterocycles. The molecule has 0 radical (unpaired) electrons. The van der Waals surface area contributed by atoms with Crippen molar-refractivity contribution in [3.63, 3.8) is 0 Å². The first-order valence-electron chi connectivity index (χ1n) is 9.81. The molecule has 0 aliphatic rings. The number of thioether (sulfide) groups is 1. The summed E-state index contributed by atoms with van der Waals surface area (Å²) in [6.45, 7) is 8.65. The molecule has 0 saturated carbocycles. The van der Waals surface area contributed by atoms with E-state index in [1.807, 2.05) is 23.8 Å². The number of nitrogens with one attached hydrogen (secondary N) is 1. The van der Waals surface area contributed by atoms with Gasteiger partial charge < -0.3 is 5.32 Å². The Morgan fingerprint density at radius 3 is 2.61 bits per heavy atom. The highest BCUT2D eigenvalue weighted by molar-refractivity contribution is 7.99. The Morgan fingerprint density at radius 2 is 1.90 bits per heavy atom. The van der Waals surface area contributed by atoms with Crippen molar-refractivity contribution >= 4 is 55.7 Å². The Hall–Kier alpha value is -2.49. The zero-order valence-corrected chi connectivity index (χ0v) is 20.1. The molecule has 0 bridgehead atoms. The molecule has 1 N–H and O–H groups in total. The molecular formula is C22H22N4O2S3. The fraction of sp³-hybridized carbons (Fsp3) is 0.273. The second kappa shape index (κ2) is 8.94. The summed E-state index contributed by atoms with van der Waals surface area (Å²) in [5.74, 6) is -0.0230. The molecule has 6 nitrogen and oxygen atoms in total. The van der Waals surface area contributed by atoms with E-state index in [2.05, 4.69) is 48.2 Å². The predicted molar refractivity (Wildman–Crippen MR) is 131 cm³/mol. The van der Waals surface area contributed by atoms with Gasteiger partial charge in [-0.3, -0.25) is 14.2 Å². The summed E-state index contributed by atoms with van der Waals surface area (Å²) in [6.07, 6.45) is 0. The number of aryl methyl sites for hydroxylation is 3. The quantitative estimate of drug-likeness (QED) is 0.307. The molecular weight excluding hydrogens is 448 g/mol. The van der Waals surface area contributed by atoms with Crippen LogP contribution in [0.15, 0.2) is 38.9 Å². The van der Waals surface area contributed by atoms with Gasteiger partial charge in [-0.15, -0.1) is 22.7 Å². The monoisotopic (exact) mass is 470 g/mol. The van der Waals surface area contributed by atoms with E-state index in [1.54, 1.807) is 4.57 Å². The van der Waals surface area contributed by atoms with Crippen molar-refractivity contribution in [3.8, 4) is 11.3 Å². The molecule has 9 heteroatoms. The number of thiophene rings is 1. The zero-order chi connectivity index (χ0) is 22.1. The van der Waals surface area contributed by atoms with Crippen LogP contribution in [0, 0.1) is 20.8 Å². The summed E-state index contributed by atoms with van der Waals surface area (Å²) in [7, 11) is 0. The maximum atomic E-state index is 12.6. The number of hydrogen-bond donors (Lipinski definition) is 1. The molecule has 31 heavy (non-hydrogen) atoms. The van der Waals surface area contributed by atoms with E-state index in [1.165, 1.54) is 51.1 Å². The van der Waals surface area contributed by atoms with Gasteiger partial charge in [0.2, 0.25) is 5.91 Å². The number of benzene rings is 1. The van der Waals surface area contributed by atoms with Crippen molar-refractivity contribution in [1.82, 2.24) is 14.5 Å². The van der Waals surface area contributed by atoms with E-state index in [0.29, 0.717) is 27.0 Å². The van der Waals surface area contributed by atoms with Gasteiger partial charge in [0.15, 0.2) is 10.3 Å². The summed E-state index contributed by atoms with van der Waals surface area (Å²) >= 11 is 4.06. The van der Waals surface area contributed by atoms with Crippen molar-refractivity contribution in [2.75, 3.05) is 11.1 Å². The average molecular weight is 471 g/mol. The lowest BCUT2D eigenvalue weighted by Crippen LogP contribution is -2.22. The first-order chi connectivity index (χ1) is 14.9. The lowest BCUT2D eigenvalue weighted by Gasteiger charge is -2.09. The molecule has 160 valence electrons. The number of aromatic nitrogens is 3. The summed E-state index contributed by atoms with van der Waals surface area (Å²) in [5, 5.41) is 7.82. The number of thiazole rings is 1. The SMILES string of the molecule is CCn1c(SCC(=O)Nc2nc(-c3c(C)cc(C)cc3C)cs2)nc2ccsc2c1=O. The minimum Gasteiger partial charge on any atom is -0.301 e. The Morgan fingerprint density at radius 1 is 1.16 bits per heavy atom. The van der Waals surface area contributed by atoms with Crippen LogP contribution in [0.1, 0.15) is 23.6 Å². The van der Waals surface area contributed by atoms with Crippen molar-refractivity contribution in [2.24, 2.45) is 0 Å². The van der Waals surface area contributed by atoms with Crippen molar-refractivity contribution in [3.05, 3.63) is 56.0 Å². The zero-order valence-electron chi connectivity index (χ0n) is 17.7. The minimum atomic E-state index is -0.175. The van der Waals surface area contributed by atoms with Crippen LogP contribution in [-0.2, 0) is 11.3 Å². The number of fused-ring (bicyclic) bond motifs is 1. The Bertz CT molecular complexity index is 1310. The van der Waals surface area contributed by atoms with Gasteiger partial charge in [-0.05, 0) is 50.3 Å². The molecule has 1 amide bonds. The summed E-state index contributed by atoms with van der Waals surface area (Å²) in [5.41, 5.74) is 6.16. The van der Waals surface area contributed by atoms with E-state index in [0.717, 1.165) is 11.3 Å². The van der Waals surface area contributed by atoms with Crippen LogP contribution in [0.25, 0.3) is 21.5 Å². The highest BCUT2D eigenvalue weighted by atomic mass is 32.2. The lowest BCUT2D eigenvalue weighted by molar-refractivity contribution is -0.113. The van der Waals surface area contributed by atoms with Gasteiger partial charge in [0.25, 0.3) is 5.56 Å². The fourth-order valence-electron chi connectivity index (χ4n) is 3.63. The third kappa shape index (κ3) is 4.44. The molecule has 0 aliphatic carbocycles. The van der Waals surface area contributed by atoms with Crippen molar-refractivity contribution < 1.29 is 4.79 Å². The molecule has 0 atom stereocenters. The van der Waals surface area contributed by atoms with E-state index in [9.17, 15) is 9.59 Å². The van der Waals surface area contributed by atoms with Gasteiger partial charge in [0.1, 0.15) is 4.70 Å². The molecule has 4 rings (SSSR count). The van der Waals surface area contributed by atoms with Crippen LogP contribution < -0.4 is 10.9 Å². The van der Waals surface area contributed by atoms with Gasteiger partial charge >= 0.3 is 0 Å². The molecule has 3 aromatic heterocycles. The molecule has 3 heterocycles. The van der Waals surface area contributed by atoms with E-state index in [4.69, 9.17) is 0 Å². The van der Waals surface area contributed by atoms with Gasteiger partial charge in [-0.2, -0.15) is 0 Å². The first kappa shape index (κ1) is 21.7.